The van der Waals surface area contributed by atoms with Crippen LogP contribution in [-0.2, 0) is 0 Å². The van der Waals surface area contributed by atoms with E-state index in [0.717, 1.165) is 44.6 Å². The van der Waals surface area contributed by atoms with Crippen LogP contribution in [0.5, 0.6) is 0 Å². The van der Waals surface area contributed by atoms with Crippen molar-refractivity contribution >= 4 is 5.96 Å². The molecule has 1 N–H and O–H groups in total. The summed E-state index contributed by atoms with van der Waals surface area (Å²) < 4.78 is 0. The lowest BCUT2D eigenvalue weighted by molar-refractivity contribution is 0.119. The van der Waals surface area contributed by atoms with Crippen molar-refractivity contribution in [3.05, 3.63) is 0 Å². The topological polar surface area (TPSA) is 37.4 Å². The van der Waals surface area contributed by atoms with Gasteiger partial charge in [0.2, 0.25) is 0 Å². The van der Waals surface area contributed by atoms with Crippen LogP contribution in [-0.4, -0.2) is 111 Å². The summed E-state index contributed by atoms with van der Waals surface area (Å²) in [6.45, 7) is 13.7. The normalized spacial score (nSPS) is 30.4. The summed E-state index contributed by atoms with van der Waals surface area (Å²) in [6, 6.07) is 0.537. The van der Waals surface area contributed by atoms with Gasteiger partial charge in [0.05, 0.1) is 6.54 Å². The van der Waals surface area contributed by atoms with Gasteiger partial charge in [-0.05, 0) is 59.3 Å². The molecule has 0 radical (unpaired) electrons. The van der Waals surface area contributed by atoms with Crippen LogP contribution in [0.3, 0.4) is 0 Å². The monoisotopic (exact) mass is 350 g/mol. The predicted molar refractivity (Wildman–Crippen MR) is 105 cm³/mol. The van der Waals surface area contributed by atoms with Gasteiger partial charge in [0.1, 0.15) is 0 Å². The molecule has 3 aliphatic heterocycles. The van der Waals surface area contributed by atoms with Gasteiger partial charge in [-0.2, -0.15) is 0 Å². The zero-order valence-electron chi connectivity index (χ0n) is 16.6. The first kappa shape index (κ1) is 18.9. The number of nitrogens with zero attached hydrogens (tertiary/aromatic N) is 5. The number of hydrogen-bond acceptors (Lipinski definition) is 4. The Bertz CT molecular complexity index is 434. The Labute approximate surface area is 154 Å². The van der Waals surface area contributed by atoms with Crippen LogP contribution in [0.1, 0.15) is 26.2 Å². The summed E-state index contributed by atoms with van der Waals surface area (Å²) in [5, 5.41) is 3.53. The van der Waals surface area contributed by atoms with Gasteiger partial charge in [0, 0.05) is 51.9 Å². The summed E-state index contributed by atoms with van der Waals surface area (Å²) in [6.07, 6.45) is 4.10. The predicted octanol–water partition coefficient (Wildman–Crippen LogP) is 0.615. The van der Waals surface area contributed by atoms with Crippen molar-refractivity contribution in [2.75, 3.05) is 79.5 Å². The van der Waals surface area contributed by atoms with Gasteiger partial charge in [-0.3, -0.25) is 9.89 Å². The number of likely N-dealkylation sites (N-methyl/N-ethyl adjacent to an activating group) is 2. The highest BCUT2D eigenvalue weighted by Gasteiger charge is 2.28. The molecule has 0 saturated carbocycles. The Morgan fingerprint density at radius 1 is 1.04 bits per heavy atom. The molecule has 0 aromatic carbocycles. The van der Waals surface area contributed by atoms with Crippen LogP contribution >= 0.6 is 0 Å². The van der Waals surface area contributed by atoms with E-state index in [1.54, 1.807) is 0 Å². The maximum atomic E-state index is 5.02. The SMILES string of the molecule is CCNC(=NCC1CN(C)CCN1C)N1CCC(CN2CCCC2)C1. The van der Waals surface area contributed by atoms with Gasteiger partial charge in [-0.15, -0.1) is 0 Å². The maximum absolute atomic E-state index is 5.02. The maximum Gasteiger partial charge on any atom is 0.193 e. The van der Waals surface area contributed by atoms with Crippen LogP contribution in [0.25, 0.3) is 0 Å². The van der Waals surface area contributed by atoms with Gasteiger partial charge >= 0.3 is 0 Å². The molecule has 0 aromatic heterocycles. The van der Waals surface area contributed by atoms with E-state index >= 15 is 0 Å². The number of piperazine rings is 1. The Morgan fingerprint density at radius 3 is 2.60 bits per heavy atom. The van der Waals surface area contributed by atoms with Gasteiger partial charge in [0.25, 0.3) is 0 Å². The standard InChI is InChI=1S/C19H38N6/c1-4-20-19(21-13-18-16-22(2)11-12-23(18)3)25-10-7-17(15-25)14-24-8-5-6-9-24/h17-18H,4-16H2,1-3H3,(H,20,21). The molecule has 3 heterocycles. The van der Waals surface area contributed by atoms with Crippen LogP contribution in [0, 0.1) is 5.92 Å². The summed E-state index contributed by atoms with van der Waals surface area (Å²) >= 11 is 0. The molecule has 25 heavy (non-hydrogen) atoms. The van der Waals surface area contributed by atoms with E-state index in [4.69, 9.17) is 4.99 Å². The molecule has 0 bridgehead atoms. The molecule has 3 saturated heterocycles. The molecule has 3 aliphatic rings. The molecule has 3 fully saturated rings. The molecule has 0 aliphatic carbocycles. The van der Waals surface area contributed by atoms with E-state index in [1.807, 2.05) is 0 Å². The summed E-state index contributed by atoms with van der Waals surface area (Å²) in [5.41, 5.74) is 0. The average molecular weight is 351 g/mol. The first-order valence-electron chi connectivity index (χ1n) is 10.3. The number of nitrogens with one attached hydrogen (secondary N) is 1. The molecule has 6 nitrogen and oxygen atoms in total. The summed E-state index contributed by atoms with van der Waals surface area (Å²) in [7, 11) is 4.46. The van der Waals surface area contributed by atoms with Crippen molar-refractivity contribution in [1.82, 2.24) is 24.9 Å². The largest absolute Gasteiger partial charge is 0.357 e. The molecule has 3 rings (SSSR count). The van der Waals surface area contributed by atoms with Crippen LogP contribution < -0.4 is 5.32 Å². The second-order valence-electron chi connectivity index (χ2n) is 8.20. The van der Waals surface area contributed by atoms with E-state index < -0.39 is 0 Å². The number of likely N-dealkylation sites (tertiary alicyclic amines) is 2. The molecule has 6 heteroatoms. The van der Waals surface area contributed by atoms with E-state index in [-0.39, 0.29) is 0 Å². The lowest BCUT2D eigenvalue weighted by Gasteiger charge is -2.37. The fraction of sp³-hybridized carbons (Fsp3) is 0.947. The molecule has 2 unspecified atom stereocenters. The van der Waals surface area contributed by atoms with Crippen LogP contribution in [0.2, 0.25) is 0 Å². The third-order valence-electron chi connectivity index (χ3n) is 6.07. The Kier molecular flexibility index (Phi) is 6.96. The molecular weight excluding hydrogens is 312 g/mol. The van der Waals surface area contributed by atoms with Gasteiger partial charge < -0.3 is 20.0 Å². The third-order valence-corrected chi connectivity index (χ3v) is 6.07. The summed E-state index contributed by atoms with van der Waals surface area (Å²) in [5.74, 6) is 1.94. The highest BCUT2D eigenvalue weighted by atomic mass is 15.3. The van der Waals surface area contributed by atoms with Crippen molar-refractivity contribution < 1.29 is 0 Å². The number of rotatable bonds is 5. The lowest BCUT2D eigenvalue weighted by Crippen LogP contribution is -2.51. The van der Waals surface area contributed by atoms with Crippen molar-refractivity contribution in [1.29, 1.82) is 0 Å². The molecule has 0 aromatic rings. The highest BCUT2D eigenvalue weighted by Crippen LogP contribution is 2.20. The average Bonchev–Trinajstić information content (AvgIpc) is 3.27. The van der Waals surface area contributed by atoms with Crippen molar-refractivity contribution in [3.8, 4) is 0 Å². The van der Waals surface area contributed by atoms with E-state index in [9.17, 15) is 0 Å². The van der Waals surface area contributed by atoms with Crippen molar-refractivity contribution in [2.24, 2.45) is 10.9 Å². The fourth-order valence-electron chi connectivity index (χ4n) is 4.42. The Morgan fingerprint density at radius 2 is 1.84 bits per heavy atom. The third kappa shape index (κ3) is 5.31. The molecule has 0 spiro atoms. The van der Waals surface area contributed by atoms with Gasteiger partial charge in [-0.25, -0.2) is 0 Å². The van der Waals surface area contributed by atoms with Crippen LogP contribution in [0.4, 0.5) is 0 Å². The second-order valence-corrected chi connectivity index (χ2v) is 8.20. The molecule has 0 amide bonds. The first-order valence-corrected chi connectivity index (χ1v) is 10.3. The smallest absolute Gasteiger partial charge is 0.193 e. The number of aliphatic imine (C=N–C) groups is 1. The van der Waals surface area contributed by atoms with Gasteiger partial charge in [-0.1, -0.05) is 0 Å². The zero-order chi connectivity index (χ0) is 17.6. The van der Waals surface area contributed by atoms with E-state index in [0.29, 0.717) is 6.04 Å². The number of guanidine groups is 1. The fourth-order valence-corrected chi connectivity index (χ4v) is 4.42. The quantitative estimate of drug-likeness (QED) is 0.581. The summed E-state index contributed by atoms with van der Waals surface area (Å²) in [4.78, 5) is 15.1. The van der Waals surface area contributed by atoms with Crippen molar-refractivity contribution in [3.63, 3.8) is 0 Å². The second kappa shape index (κ2) is 9.19. The molecule has 2 atom stereocenters. The minimum Gasteiger partial charge on any atom is -0.357 e. The Balaban J connectivity index is 1.53. The van der Waals surface area contributed by atoms with Crippen molar-refractivity contribution in [2.45, 2.75) is 32.2 Å². The van der Waals surface area contributed by atoms with Crippen LogP contribution in [0.15, 0.2) is 4.99 Å². The molecular formula is C19H38N6. The lowest BCUT2D eigenvalue weighted by atomic mass is 10.1. The number of hydrogen-bond donors (Lipinski definition) is 1. The first-order chi connectivity index (χ1) is 12.2. The minimum atomic E-state index is 0.537. The molecule has 144 valence electrons. The highest BCUT2D eigenvalue weighted by molar-refractivity contribution is 5.80. The van der Waals surface area contributed by atoms with E-state index in [2.05, 4.69) is 45.9 Å². The minimum absolute atomic E-state index is 0.537. The van der Waals surface area contributed by atoms with Gasteiger partial charge in [0.15, 0.2) is 5.96 Å². The zero-order valence-corrected chi connectivity index (χ0v) is 16.6. The van der Waals surface area contributed by atoms with E-state index in [1.165, 1.54) is 52.0 Å². The Hall–Kier alpha value is -0.850.